The molecule has 6 nitrogen and oxygen atoms in total. The molecular formula is C11H17N5O. The monoisotopic (exact) mass is 235 g/mol. The molecule has 1 fully saturated rings. The first-order valence-electron chi connectivity index (χ1n) is 5.61. The zero-order valence-electron chi connectivity index (χ0n) is 9.81. The zero-order chi connectivity index (χ0) is 12.3. The first kappa shape index (κ1) is 11.8. The Kier molecular flexibility index (Phi) is 3.55. The van der Waals surface area contributed by atoms with Gasteiger partial charge in [-0.15, -0.1) is 0 Å². The molecule has 0 bridgehead atoms. The van der Waals surface area contributed by atoms with E-state index < -0.39 is 0 Å². The van der Waals surface area contributed by atoms with Crippen molar-refractivity contribution in [1.82, 2.24) is 15.2 Å². The highest BCUT2D eigenvalue weighted by Gasteiger charge is 2.21. The number of hydrogen-bond donors (Lipinski definition) is 3. The highest BCUT2D eigenvalue weighted by atomic mass is 16.1. The Labute approximate surface area is 100 Å². The number of nitrogens with zero attached hydrogens (tertiary/aromatic N) is 2. The third-order valence-corrected chi connectivity index (χ3v) is 2.89. The van der Waals surface area contributed by atoms with Gasteiger partial charge in [0.25, 0.3) is 5.91 Å². The Morgan fingerprint density at radius 3 is 3.12 bits per heavy atom. The third-order valence-electron chi connectivity index (χ3n) is 2.89. The molecule has 1 unspecified atom stereocenters. The van der Waals surface area contributed by atoms with Crippen LogP contribution < -0.4 is 16.6 Å². The molecule has 1 amide bonds. The number of nitrogens with one attached hydrogen (secondary N) is 2. The molecule has 2 rings (SSSR count). The largest absolute Gasteiger partial charge is 0.347 e. The lowest BCUT2D eigenvalue weighted by molar-refractivity contribution is 0.0933. The van der Waals surface area contributed by atoms with Crippen molar-refractivity contribution in [3.05, 3.63) is 24.0 Å². The molecule has 0 spiro atoms. The summed E-state index contributed by atoms with van der Waals surface area (Å²) in [6.45, 7) is 1.91. The maximum atomic E-state index is 11.9. The molecule has 1 aliphatic rings. The van der Waals surface area contributed by atoms with Crippen LogP contribution in [0.1, 0.15) is 16.9 Å². The first-order valence-corrected chi connectivity index (χ1v) is 5.61. The number of carbonyl (C=O) groups excluding carboxylic acids is 1. The van der Waals surface area contributed by atoms with Gasteiger partial charge in [0.05, 0.1) is 5.69 Å². The Morgan fingerprint density at radius 1 is 1.65 bits per heavy atom. The van der Waals surface area contributed by atoms with Crippen LogP contribution in [0.15, 0.2) is 18.3 Å². The van der Waals surface area contributed by atoms with Gasteiger partial charge in [-0.25, -0.2) is 0 Å². The Morgan fingerprint density at radius 2 is 2.47 bits per heavy atom. The minimum Gasteiger partial charge on any atom is -0.347 e. The highest BCUT2D eigenvalue weighted by Crippen LogP contribution is 2.09. The summed E-state index contributed by atoms with van der Waals surface area (Å²) in [4.78, 5) is 18.1. The Hall–Kier alpha value is -1.66. The summed E-state index contributed by atoms with van der Waals surface area (Å²) in [7, 11) is 2.05. The van der Waals surface area contributed by atoms with Gasteiger partial charge in [0.15, 0.2) is 0 Å². The number of rotatable bonds is 3. The van der Waals surface area contributed by atoms with Crippen LogP contribution in [0, 0.1) is 0 Å². The van der Waals surface area contributed by atoms with Gasteiger partial charge in [-0.05, 0) is 32.1 Å². The van der Waals surface area contributed by atoms with E-state index in [1.807, 2.05) is 7.05 Å². The van der Waals surface area contributed by atoms with Crippen LogP contribution in [0.25, 0.3) is 0 Å². The molecule has 1 atom stereocenters. The number of carbonyl (C=O) groups is 1. The number of anilines is 1. The second kappa shape index (κ2) is 5.11. The number of hydrazine groups is 1. The molecule has 1 aromatic rings. The van der Waals surface area contributed by atoms with E-state index in [4.69, 9.17) is 5.84 Å². The summed E-state index contributed by atoms with van der Waals surface area (Å²) in [5.41, 5.74) is 3.55. The van der Waals surface area contributed by atoms with Crippen LogP contribution in [0.3, 0.4) is 0 Å². The van der Waals surface area contributed by atoms with E-state index in [1.165, 1.54) is 0 Å². The molecule has 6 heteroatoms. The molecule has 1 aromatic heterocycles. The van der Waals surface area contributed by atoms with Crippen LogP contribution in [0.5, 0.6) is 0 Å². The number of likely N-dealkylation sites (N-methyl/N-ethyl adjacent to an activating group) is 1. The lowest BCUT2D eigenvalue weighted by Gasteiger charge is -2.12. The van der Waals surface area contributed by atoms with Gasteiger partial charge in [0, 0.05) is 18.8 Å². The molecule has 2 heterocycles. The van der Waals surface area contributed by atoms with Crippen molar-refractivity contribution < 1.29 is 4.79 Å². The van der Waals surface area contributed by atoms with Crippen molar-refractivity contribution in [2.24, 2.45) is 5.84 Å². The number of amides is 1. The maximum Gasteiger partial charge on any atom is 0.270 e. The quantitative estimate of drug-likeness (QED) is 0.499. The van der Waals surface area contributed by atoms with Crippen LogP contribution in [-0.2, 0) is 0 Å². The van der Waals surface area contributed by atoms with E-state index in [9.17, 15) is 4.79 Å². The number of aromatic nitrogens is 1. The summed E-state index contributed by atoms with van der Waals surface area (Å²) in [5.74, 6) is 5.13. The molecule has 0 saturated carbocycles. The number of pyridine rings is 1. The summed E-state index contributed by atoms with van der Waals surface area (Å²) in [6.07, 6.45) is 2.54. The van der Waals surface area contributed by atoms with Crippen LogP contribution >= 0.6 is 0 Å². The van der Waals surface area contributed by atoms with E-state index in [2.05, 4.69) is 20.6 Å². The minimum atomic E-state index is -0.151. The van der Waals surface area contributed by atoms with Crippen molar-refractivity contribution in [2.45, 2.75) is 12.5 Å². The molecule has 0 aliphatic carbocycles. The van der Waals surface area contributed by atoms with Gasteiger partial charge in [0.1, 0.15) is 5.69 Å². The number of nitrogens with two attached hydrogens (primary N) is 1. The average Bonchev–Trinajstić information content (AvgIpc) is 2.75. The van der Waals surface area contributed by atoms with Gasteiger partial charge in [0.2, 0.25) is 0 Å². The molecule has 1 aliphatic heterocycles. The van der Waals surface area contributed by atoms with E-state index in [0.717, 1.165) is 19.5 Å². The molecule has 92 valence electrons. The van der Waals surface area contributed by atoms with Crippen LogP contribution in [-0.4, -0.2) is 42.0 Å². The molecule has 17 heavy (non-hydrogen) atoms. The SMILES string of the molecule is CN1CCC(NC(=O)c2cc(NN)ccn2)C1. The second-order valence-corrected chi connectivity index (χ2v) is 4.30. The van der Waals surface area contributed by atoms with Gasteiger partial charge >= 0.3 is 0 Å². The predicted molar refractivity (Wildman–Crippen MR) is 65.4 cm³/mol. The van der Waals surface area contributed by atoms with Crippen molar-refractivity contribution >= 4 is 11.6 Å². The average molecular weight is 235 g/mol. The first-order chi connectivity index (χ1) is 8.19. The maximum absolute atomic E-state index is 11.9. The predicted octanol–water partition coefficient (Wildman–Crippen LogP) is -0.199. The topological polar surface area (TPSA) is 83.3 Å². The molecule has 0 aromatic carbocycles. The Bertz CT molecular complexity index is 409. The number of likely N-dealkylation sites (tertiary alicyclic amines) is 1. The van der Waals surface area contributed by atoms with Crippen molar-refractivity contribution in [3.8, 4) is 0 Å². The summed E-state index contributed by atoms with van der Waals surface area (Å²) in [5, 5.41) is 2.97. The van der Waals surface area contributed by atoms with Crippen molar-refractivity contribution in [1.29, 1.82) is 0 Å². The Balaban J connectivity index is 1.99. The molecule has 0 radical (unpaired) electrons. The van der Waals surface area contributed by atoms with E-state index in [-0.39, 0.29) is 11.9 Å². The molecular weight excluding hydrogens is 218 g/mol. The lowest BCUT2D eigenvalue weighted by Crippen LogP contribution is -2.36. The zero-order valence-corrected chi connectivity index (χ0v) is 9.81. The fourth-order valence-electron chi connectivity index (χ4n) is 1.96. The van der Waals surface area contributed by atoms with Crippen molar-refractivity contribution in [2.75, 3.05) is 25.6 Å². The second-order valence-electron chi connectivity index (χ2n) is 4.30. The number of hydrogen-bond acceptors (Lipinski definition) is 5. The summed E-state index contributed by atoms with van der Waals surface area (Å²) < 4.78 is 0. The molecule has 1 saturated heterocycles. The minimum absolute atomic E-state index is 0.151. The van der Waals surface area contributed by atoms with Gasteiger partial charge in [-0.3, -0.25) is 15.6 Å². The summed E-state index contributed by atoms with van der Waals surface area (Å²) >= 11 is 0. The smallest absolute Gasteiger partial charge is 0.270 e. The van der Waals surface area contributed by atoms with Gasteiger partial charge in [-0.2, -0.15) is 0 Å². The normalized spacial score (nSPS) is 20.2. The lowest BCUT2D eigenvalue weighted by atomic mass is 10.2. The standard InChI is InChI=1S/C11H17N5O/c1-16-5-3-9(7-16)14-11(17)10-6-8(15-12)2-4-13-10/h2,4,6,9H,3,5,7,12H2,1H3,(H,13,15)(H,14,17). The number of nitrogen functional groups attached to an aromatic ring is 1. The fraction of sp³-hybridized carbons (Fsp3) is 0.455. The summed E-state index contributed by atoms with van der Waals surface area (Å²) in [6, 6.07) is 3.55. The van der Waals surface area contributed by atoms with E-state index in [0.29, 0.717) is 11.4 Å². The fourth-order valence-corrected chi connectivity index (χ4v) is 1.96. The van der Waals surface area contributed by atoms with Crippen LogP contribution in [0.2, 0.25) is 0 Å². The van der Waals surface area contributed by atoms with E-state index in [1.54, 1.807) is 18.3 Å². The third kappa shape index (κ3) is 2.92. The molecule has 4 N–H and O–H groups in total. The van der Waals surface area contributed by atoms with Gasteiger partial charge < -0.3 is 15.6 Å². The highest BCUT2D eigenvalue weighted by molar-refractivity contribution is 5.93. The van der Waals surface area contributed by atoms with Crippen molar-refractivity contribution in [3.63, 3.8) is 0 Å². The van der Waals surface area contributed by atoms with Gasteiger partial charge in [-0.1, -0.05) is 0 Å². The van der Waals surface area contributed by atoms with Crippen LogP contribution in [0.4, 0.5) is 5.69 Å². The van der Waals surface area contributed by atoms with E-state index >= 15 is 0 Å².